The lowest BCUT2D eigenvalue weighted by Crippen LogP contribution is -2.42. The average Bonchev–Trinajstić information content (AvgIpc) is 3.19. The number of thiazole rings is 1. The van der Waals surface area contributed by atoms with Crippen LogP contribution in [0.25, 0.3) is 0 Å². The lowest BCUT2D eigenvalue weighted by atomic mass is 9.95. The van der Waals surface area contributed by atoms with Crippen LogP contribution in [0, 0.1) is 21.4 Å². The van der Waals surface area contributed by atoms with E-state index in [9.17, 15) is 29.8 Å². The van der Waals surface area contributed by atoms with E-state index in [4.69, 9.17) is 17.4 Å². The molecule has 1 aromatic carbocycles. The molecule has 0 aliphatic heterocycles. The molecule has 0 spiro atoms. The topological polar surface area (TPSA) is 206 Å². The molecule has 2 aromatic rings. The van der Waals surface area contributed by atoms with E-state index in [-0.39, 0.29) is 10.1 Å². The first-order chi connectivity index (χ1) is 14.3. The largest absolute Gasteiger partial charge is 0.345 e. The van der Waals surface area contributed by atoms with Crippen molar-refractivity contribution in [3.63, 3.8) is 0 Å². The summed E-state index contributed by atoms with van der Waals surface area (Å²) in [6.07, 6.45) is 0.936. The molecule has 0 aliphatic carbocycles. The fraction of sp³-hybridized carbons (Fsp3) is 0.0667. The maximum Gasteiger partial charge on any atom is 0.345 e. The second-order valence-electron chi connectivity index (χ2n) is 5.24. The number of hydrazine groups is 1. The van der Waals surface area contributed by atoms with E-state index >= 15 is 0 Å². The highest BCUT2D eigenvalue weighted by atomic mass is 35.5. The number of nitriles is 1. The maximum atomic E-state index is 12.7. The number of nitrogens with one attached hydrogen (secondary N) is 3. The van der Waals surface area contributed by atoms with Crippen LogP contribution in [0.15, 0.2) is 35.6 Å². The molecular formula is C15H11ClN8O5S. The van der Waals surface area contributed by atoms with Gasteiger partial charge in [-0.1, -0.05) is 23.7 Å². The normalized spacial score (nSPS) is 11.7. The van der Waals surface area contributed by atoms with E-state index in [1.807, 2.05) is 11.5 Å². The number of carbonyl (C=O) groups excluding carboxylic acids is 3. The van der Waals surface area contributed by atoms with E-state index in [2.05, 4.69) is 15.4 Å². The zero-order valence-electron chi connectivity index (χ0n) is 14.7. The summed E-state index contributed by atoms with van der Waals surface area (Å²) >= 11 is 6.39. The third kappa shape index (κ3) is 5.54. The Morgan fingerprint density at radius 3 is 2.47 bits per heavy atom. The van der Waals surface area contributed by atoms with Gasteiger partial charge >= 0.3 is 16.8 Å². The highest BCUT2D eigenvalue weighted by Crippen LogP contribution is 2.26. The number of nitrogens with two attached hydrogens (primary N) is 1. The number of halogens is 1. The number of nitrogens with zero attached hydrogens (tertiary/aromatic N) is 4. The number of carbonyl (C=O) groups is 3. The van der Waals surface area contributed by atoms with Gasteiger partial charge in [0, 0.05) is 5.02 Å². The molecule has 0 aliphatic rings. The van der Waals surface area contributed by atoms with Crippen molar-refractivity contribution in [2.45, 2.75) is 5.92 Å². The van der Waals surface area contributed by atoms with Gasteiger partial charge < -0.3 is 0 Å². The van der Waals surface area contributed by atoms with Gasteiger partial charge in [-0.05, 0) is 29.0 Å². The van der Waals surface area contributed by atoms with Crippen molar-refractivity contribution < 1.29 is 19.3 Å². The van der Waals surface area contributed by atoms with Crippen LogP contribution in [0.1, 0.15) is 11.5 Å². The molecule has 1 aromatic heterocycles. The molecule has 0 unspecified atom stereocenters. The molecule has 30 heavy (non-hydrogen) atoms. The van der Waals surface area contributed by atoms with Crippen LogP contribution >= 0.6 is 22.9 Å². The summed E-state index contributed by atoms with van der Waals surface area (Å²) in [5.41, 5.74) is 3.18. The molecular weight excluding hydrogens is 440 g/mol. The number of anilines is 1. The minimum Gasteiger partial charge on any atom is -0.296 e. The molecule has 1 heterocycles. The van der Waals surface area contributed by atoms with Crippen molar-refractivity contribution in [2.24, 2.45) is 10.9 Å². The third-order valence-corrected chi connectivity index (χ3v) is 4.46. The van der Waals surface area contributed by atoms with Gasteiger partial charge in [0.1, 0.15) is 17.8 Å². The fourth-order valence-corrected chi connectivity index (χ4v) is 2.74. The average molecular weight is 451 g/mol. The number of hydrogen-bond acceptors (Lipinski definition) is 10. The zero-order chi connectivity index (χ0) is 22.3. The van der Waals surface area contributed by atoms with E-state index < -0.39 is 34.3 Å². The van der Waals surface area contributed by atoms with Crippen molar-refractivity contribution in [2.75, 3.05) is 5.32 Å². The Hall–Kier alpha value is -3.93. The lowest BCUT2D eigenvalue weighted by Gasteiger charge is -2.12. The van der Waals surface area contributed by atoms with Gasteiger partial charge in [0.25, 0.3) is 5.91 Å². The summed E-state index contributed by atoms with van der Waals surface area (Å²) in [7, 11) is 0. The lowest BCUT2D eigenvalue weighted by molar-refractivity contribution is -0.380. The molecule has 0 saturated carbocycles. The van der Waals surface area contributed by atoms with Crippen molar-refractivity contribution in [3.8, 4) is 6.07 Å². The number of amides is 3. The Bertz CT molecular complexity index is 1060. The summed E-state index contributed by atoms with van der Waals surface area (Å²) in [5, 5.41) is 26.1. The Kier molecular flexibility index (Phi) is 7.47. The highest BCUT2D eigenvalue weighted by molar-refractivity contribution is 7.18. The van der Waals surface area contributed by atoms with Crippen LogP contribution in [0.5, 0.6) is 0 Å². The van der Waals surface area contributed by atoms with E-state index in [1.54, 1.807) is 5.43 Å². The van der Waals surface area contributed by atoms with Crippen LogP contribution in [0.4, 0.5) is 10.1 Å². The molecule has 1 atom stereocenters. The first kappa shape index (κ1) is 22.4. The standard InChI is InChI=1S/C15H11ClN8O5S/c16-8-3-1-7(2-4-8)9(5-17)11(22-23-14(27)13(26)21-18)12(25)20-15-19-6-10(30-15)24(28)29/h1-4,6,9H,18H2,(H,21,26)(H,23,27)(H,19,20,25)/b22-11+/t9-/m0/s1. The van der Waals surface area contributed by atoms with Crippen LogP contribution in [-0.4, -0.2) is 33.3 Å². The summed E-state index contributed by atoms with van der Waals surface area (Å²) in [5.74, 6) is 0.0269. The van der Waals surface area contributed by atoms with Gasteiger partial charge in [-0.3, -0.25) is 35.2 Å². The quantitative estimate of drug-likeness (QED) is 0.121. The van der Waals surface area contributed by atoms with Crippen molar-refractivity contribution >= 4 is 56.5 Å². The van der Waals surface area contributed by atoms with Gasteiger partial charge in [0.05, 0.1) is 11.0 Å². The zero-order valence-corrected chi connectivity index (χ0v) is 16.2. The van der Waals surface area contributed by atoms with Gasteiger partial charge in [0.2, 0.25) is 0 Å². The second kappa shape index (κ2) is 10.0. The predicted molar refractivity (Wildman–Crippen MR) is 105 cm³/mol. The number of hydrogen-bond donors (Lipinski definition) is 4. The summed E-state index contributed by atoms with van der Waals surface area (Å²) in [6, 6.07) is 7.73. The molecule has 3 amide bonds. The smallest absolute Gasteiger partial charge is 0.296 e. The highest BCUT2D eigenvalue weighted by Gasteiger charge is 2.27. The van der Waals surface area contributed by atoms with Crippen LogP contribution in [0.2, 0.25) is 5.02 Å². The third-order valence-electron chi connectivity index (χ3n) is 3.35. The Morgan fingerprint density at radius 1 is 1.27 bits per heavy atom. The summed E-state index contributed by atoms with van der Waals surface area (Å²) in [6.45, 7) is 0. The van der Waals surface area contributed by atoms with Gasteiger partial charge in [0.15, 0.2) is 5.13 Å². The molecule has 154 valence electrons. The van der Waals surface area contributed by atoms with Crippen molar-refractivity contribution in [3.05, 3.63) is 51.2 Å². The number of rotatable bonds is 6. The number of benzene rings is 1. The summed E-state index contributed by atoms with van der Waals surface area (Å²) in [4.78, 5) is 49.3. The first-order valence-corrected chi connectivity index (χ1v) is 8.91. The Morgan fingerprint density at radius 2 is 1.93 bits per heavy atom. The SMILES string of the molecule is N#C[C@H](/C(=N\NC(=O)C(=O)NN)C(=O)Nc1ncc([N+](=O)[O-])s1)c1ccc(Cl)cc1. The molecule has 0 fully saturated rings. The number of aromatic nitrogens is 1. The molecule has 5 N–H and O–H groups in total. The monoisotopic (exact) mass is 450 g/mol. The minimum atomic E-state index is -1.29. The Balaban J connectivity index is 2.37. The van der Waals surface area contributed by atoms with Gasteiger partial charge in [-0.15, -0.1) is 0 Å². The number of hydrazone groups is 1. The fourth-order valence-electron chi connectivity index (χ4n) is 1.99. The van der Waals surface area contributed by atoms with Crippen LogP contribution in [-0.2, 0) is 14.4 Å². The summed E-state index contributed by atoms with van der Waals surface area (Å²) < 4.78 is 0. The number of nitro groups is 1. The molecule has 13 nitrogen and oxygen atoms in total. The van der Waals surface area contributed by atoms with E-state index in [1.165, 1.54) is 24.3 Å². The maximum absolute atomic E-state index is 12.7. The van der Waals surface area contributed by atoms with Crippen molar-refractivity contribution in [1.82, 2.24) is 15.8 Å². The minimum absolute atomic E-state index is 0.141. The van der Waals surface area contributed by atoms with E-state index in [0.717, 1.165) is 6.20 Å². The molecule has 0 bridgehead atoms. The molecule has 0 saturated heterocycles. The van der Waals surface area contributed by atoms with Crippen LogP contribution in [0.3, 0.4) is 0 Å². The second-order valence-corrected chi connectivity index (χ2v) is 6.69. The van der Waals surface area contributed by atoms with Gasteiger partial charge in [-0.2, -0.15) is 10.4 Å². The van der Waals surface area contributed by atoms with Crippen LogP contribution < -0.4 is 22.0 Å². The Labute approximate surface area is 176 Å². The predicted octanol–water partition coefficient (Wildman–Crippen LogP) is 0.413. The molecule has 0 radical (unpaired) electrons. The van der Waals surface area contributed by atoms with E-state index in [0.29, 0.717) is 21.9 Å². The molecule has 2 rings (SSSR count). The van der Waals surface area contributed by atoms with Crippen molar-refractivity contribution in [1.29, 1.82) is 5.26 Å². The molecule has 15 heteroatoms. The van der Waals surface area contributed by atoms with Gasteiger partial charge in [-0.25, -0.2) is 16.3 Å². The first-order valence-electron chi connectivity index (χ1n) is 7.72.